The van der Waals surface area contributed by atoms with Crippen molar-refractivity contribution in [1.82, 2.24) is 0 Å². The van der Waals surface area contributed by atoms with Crippen LogP contribution in [0.4, 0.5) is 5.69 Å². The molecule has 1 aromatic carbocycles. The van der Waals surface area contributed by atoms with Crippen LogP contribution in [0.5, 0.6) is 5.75 Å². The zero-order valence-electron chi connectivity index (χ0n) is 10.7. The van der Waals surface area contributed by atoms with Crippen LogP contribution in [-0.2, 0) is 0 Å². The van der Waals surface area contributed by atoms with Crippen molar-refractivity contribution in [3.8, 4) is 5.75 Å². The van der Waals surface area contributed by atoms with Gasteiger partial charge in [-0.15, -0.1) is 11.3 Å². The van der Waals surface area contributed by atoms with Crippen molar-refractivity contribution in [3.05, 3.63) is 44.6 Å². The molecule has 2 rings (SSSR count). The number of thiophene rings is 1. The number of hydrogen-bond acceptors (Lipinski definition) is 3. The molecule has 0 bridgehead atoms. The zero-order chi connectivity index (χ0) is 14.0. The average molecular weight is 340 g/mol. The van der Waals surface area contributed by atoms with Crippen LogP contribution in [-0.4, -0.2) is 17.6 Å². The van der Waals surface area contributed by atoms with Crippen LogP contribution in [0.3, 0.4) is 0 Å². The lowest BCUT2D eigenvalue weighted by atomic mass is 10.1. The van der Waals surface area contributed by atoms with Gasteiger partial charge in [0.2, 0.25) is 0 Å². The molecule has 0 aliphatic carbocycles. The highest BCUT2D eigenvalue weighted by molar-refractivity contribution is 9.10. The molecule has 100 valence electrons. The van der Waals surface area contributed by atoms with E-state index in [9.17, 15) is 9.90 Å². The van der Waals surface area contributed by atoms with Crippen molar-refractivity contribution >= 4 is 38.9 Å². The lowest BCUT2D eigenvalue weighted by Crippen LogP contribution is -2.30. The standard InChI is InChI=1S/C14H14BrNO2S/c1-3-16(12-8-10(17)5-4-9(12)2)14(18)13-11(15)6-7-19-13/h4-8,17H,3H2,1-2H3. The van der Waals surface area contributed by atoms with Crippen molar-refractivity contribution in [2.75, 3.05) is 11.4 Å². The van der Waals surface area contributed by atoms with Crippen LogP contribution >= 0.6 is 27.3 Å². The van der Waals surface area contributed by atoms with Gasteiger partial charge in [-0.1, -0.05) is 6.07 Å². The van der Waals surface area contributed by atoms with Crippen LogP contribution in [0.2, 0.25) is 0 Å². The van der Waals surface area contributed by atoms with E-state index in [1.807, 2.05) is 31.4 Å². The van der Waals surface area contributed by atoms with Crippen LogP contribution in [0, 0.1) is 6.92 Å². The fourth-order valence-corrected chi connectivity index (χ4v) is 3.37. The highest BCUT2D eigenvalue weighted by atomic mass is 79.9. The SMILES string of the molecule is CCN(C(=O)c1sccc1Br)c1cc(O)ccc1C. The van der Waals surface area contributed by atoms with Gasteiger partial charge in [0.1, 0.15) is 10.6 Å². The van der Waals surface area contributed by atoms with E-state index in [0.717, 1.165) is 15.7 Å². The molecule has 0 aliphatic rings. The Balaban J connectivity index is 2.43. The number of nitrogens with zero attached hydrogens (tertiary/aromatic N) is 1. The lowest BCUT2D eigenvalue weighted by Gasteiger charge is -2.22. The fraction of sp³-hybridized carbons (Fsp3) is 0.214. The number of anilines is 1. The van der Waals surface area contributed by atoms with Crippen LogP contribution in [0.1, 0.15) is 22.2 Å². The number of aryl methyl sites for hydroxylation is 1. The first-order valence-corrected chi connectivity index (χ1v) is 7.56. The quantitative estimate of drug-likeness (QED) is 0.910. The summed E-state index contributed by atoms with van der Waals surface area (Å²) in [6, 6.07) is 6.92. The molecule has 1 N–H and O–H groups in total. The molecule has 0 unspecified atom stereocenters. The lowest BCUT2D eigenvalue weighted by molar-refractivity contribution is 0.0991. The molecule has 3 nitrogen and oxygen atoms in total. The van der Waals surface area contributed by atoms with Gasteiger partial charge in [0.25, 0.3) is 5.91 Å². The van der Waals surface area contributed by atoms with Gasteiger partial charge in [-0.25, -0.2) is 0 Å². The third-order valence-electron chi connectivity index (χ3n) is 2.86. The average Bonchev–Trinajstić information content (AvgIpc) is 2.80. The Morgan fingerprint density at radius 2 is 2.16 bits per heavy atom. The number of phenols is 1. The molecule has 0 saturated heterocycles. The number of benzene rings is 1. The number of amides is 1. The number of carbonyl (C=O) groups excluding carboxylic acids is 1. The molecule has 0 spiro atoms. The molecular formula is C14H14BrNO2S. The largest absolute Gasteiger partial charge is 0.508 e. The number of rotatable bonds is 3. The molecule has 2 aromatic rings. The molecular weight excluding hydrogens is 326 g/mol. The van der Waals surface area contributed by atoms with Crippen molar-refractivity contribution in [1.29, 1.82) is 0 Å². The molecule has 1 aromatic heterocycles. The van der Waals surface area contributed by atoms with E-state index in [2.05, 4.69) is 15.9 Å². The van der Waals surface area contributed by atoms with E-state index in [1.54, 1.807) is 17.0 Å². The van der Waals surface area contributed by atoms with E-state index in [1.165, 1.54) is 11.3 Å². The number of carbonyl (C=O) groups is 1. The summed E-state index contributed by atoms with van der Waals surface area (Å²) in [7, 11) is 0. The molecule has 0 aliphatic heterocycles. The Kier molecular flexibility index (Phi) is 4.27. The summed E-state index contributed by atoms with van der Waals surface area (Å²) in [5.41, 5.74) is 1.70. The van der Waals surface area contributed by atoms with Crippen molar-refractivity contribution < 1.29 is 9.90 Å². The Morgan fingerprint density at radius 1 is 1.42 bits per heavy atom. The van der Waals surface area contributed by atoms with Gasteiger partial charge >= 0.3 is 0 Å². The van der Waals surface area contributed by atoms with Gasteiger partial charge in [-0.3, -0.25) is 4.79 Å². The molecule has 0 atom stereocenters. The third-order valence-corrected chi connectivity index (χ3v) is 4.68. The smallest absolute Gasteiger partial charge is 0.269 e. The summed E-state index contributed by atoms with van der Waals surface area (Å²) in [6.07, 6.45) is 0. The molecule has 1 heterocycles. The maximum atomic E-state index is 12.5. The van der Waals surface area contributed by atoms with E-state index < -0.39 is 0 Å². The Hall–Kier alpha value is -1.33. The van der Waals surface area contributed by atoms with Crippen molar-refractivity contribution in [3.63, 3.8) is 0 Å². The molecule has 0 fully saturated rings. The number of hydrogen-bond donors (Lipinski definition) is 1. The highest BCUT2D eigenvalue weighted by Gasteiger charge is 2.21. The first-order chi connectivity index (χ1) is 9.04. The Labute approximate surface area is 124 Å². The summed E-state index contributed by atoms with van der Waals surface area (Å²) >= 11 is 4.79. The van der Waals surface area contributed by atoms with Crippen LogP contribution in [0.25, 0.3) is 0 Å². The summed E-state index contributed by atoms with van der Waals surface area (Å²) in [5, 5.41) is 11.5. The highest BCUT2D eigenvalue weighted by Crippen LogP contribution is 2.30. The van der Waals surface area contributed by atoms with Crippen molar-refractivity contribution in [2.45, 2.75) is 13.8 Å². The third kappa shape index (κ3) is 2.82. The predicted molar refractivity (Wildman–Crippen MR) is 82.2 cm³/mol. The molecule has 0 radical (unpaired) electrons. The topological polar surface area (TPSA) is 40.5 Å². The minimum absolute atomic E-state index is 0.0573. The fourth-order valence-electron chi connectivity index (χ4n) is 1.88. The zero-order valence-corrected chi connectivity index (χ0v) is 13.1. The van der Waals surface area contributed by atoms with Crippen LogP contribution < -0.4 is 4.90 Å². The minimum atomic E-state index is -0.0573. The molecule has 0 saturated carbocycles. The summed E-state index contributed by atoms with van der Waals surface area (Å²) < 4.78 is 0.804. The summed E-state index contributed by atoms with van der Waals surface area (Å²) in [6.45, 7) is 4.39. The number of halogens is 1. The van der Waals surface area contributed by atoms with Gasteiger partial charge < -0.3 is 10.0 Å². The molecule has 5 heteroatoms. The second-order valence-corrected chi connectivity index (χ2v) is 5.89. The van der Waals surface area contributed by atoms with Gasteiger partial charge in [0.15, 0.2) is 0 Å². The van der Waals surface area contributed by atoms with Crippen LogP contribution in [0.15, 0.2) is 34.1 Å². The molecule has 1 amide bonds. The maximum Gasteiger partial charge on any atom is 0.269 e. The normalized spacial score (nSPS) is 10.5. The van der Waals surface area contributed by atoms with Gasteiger partial charge in [-0.05, 0) is 52.9 Å². The second kappa shape index (κ2) is 5.75. The van der Waals surface area contributed by atoms with E-state index in [4.69, 9.17) is 0 Å². The summed E-state index contributed by atoms with van der Waals surface area (Å²) in [4.78, 5) is 14.9. The van der Waals surface area contributed by atoms with Crippen molar-refractivity contribution in [2.24, 2.45) is 0 Å². The number of phenolic OH excluding ortho intramolecular Hbond substituents is 1. The van der Waals surface area contributed by atoms with E-state index >= 15 is 0 Å². The molecule has 19 heavy (non-hydrogen) atoms. The first kappa shape index (κ1) is 14.1. The Bertz CT molecular complexity index is 609. The van der Waals surface area contributed by atoms with Gasteiger partial charge in [-0.2, -0.15) is 0 Å². The predicted octanol–water partition coefficient (Wildman–Crippen LogP) is 4.19. The Morgan fingerprint density at radius 3 is 2.74 bits per heavy atom. The maximum absolute atomic E-state index is 12.5. The number of aromatic hydroxyl groups is 1. The second-order valence-electron chi connectivity index (χ2n) is 4.12. The van der Waals surface area contributed by atoms with E-state index in [-0.39, 0.29) is 11.7 Å². The van der Waals surface area contributed by atoms with Gasteiger partial charge in [0.05, 0.1) is 5.69 Å². The monoisotopic (exact) mass is 339 g/mol. The summed E-state index contributed by atoms with van der Waals surface area (Å²) in [5.74, 6) is 0.107. The van der Waals surface area contributed by atoms with Gasteiger partial charge in [0, 0.05) is 17.1 Å². The first-order valence-electron chi connectivity index (χ1n) is 5.89. The minimum Gasteiger partial charge on any atom is -0.508 e. The van der Waals surface area contributed by atoms with E-state index in [0.29, 0.717) is 11.4 Å².